The molecule has 15 rings (SSSR count). The highest BCUT2D eigenvalue weighted by Gasteiger charge is 2.28. The van der Waals surface area contributed by atoms with Gasteiger partial charge in [-0.3, -0.25) is 14.4 Å². The summed E-state index contributed by atoms with van der Waals surface area (Å²) in [6.07, 6.45) is -1.61. The van der Waals surface area contributed by atoms with E-state index >= 15 is 0 Å². The molecule has 0 saturated carbocycles. The Kier molecular flexibility index (Phi) is 22.8. The predicted molar refractivity (Wildman–Crippen MR) is 399 cm³/mol. The smallest absolute Gasteiger partial charge is 0.207 e. The van der Waals surface area contributed by atoms with Crippen LogP contribution < -0.4 is 9.47 Å². The standard InChI is InChI=1S/C34H26O4.C34H22O2.C14H11ClO.C6H6O2.B.H2/c35-31(25-13-5-1-6-14-25)33(27-17-9-3-10-18-27)37-29-21-23-30(24-22-29)38-34(28-19-11-4-12-20-28)32(36)26-15-7-2-8-16-26;1-5-13-23(14-6-1)31-27-21-30-28(22-29(27)35-33(31)25-17-9-3-10-18-25)32(24-15-7-2-8-16-24)34(36-30)26-19-11-4-12-20-26;15-13(11-7-3-1-4-8-11)14(16)12-9-5-2-6-10-12;7-5-1-2-6(8)4-3-5;;/h1-24,33-34H;1-22H;1-10,13H;1-4,7-8H;;1H/i;;;;;1+1. The number of carbonyl (C=O) groups is 3. The van der Waals surface area contributed by atoms with E-state index in [2.05, 4.69) is 84.9 Å². The van der Waals surface area contributed by atoms with E-state index in [4.69, 9.17) is 40.1 Å². The van der Waals surface area contributed by atoms with Gasteiger partial charge in [0.05, 0.1) is 0 Å². The van der Waals surface area contributed by atoms with E-state index in [9.17, 15) is 14.4 Å². The zero-order valence-corrected chi connectivity index (χ0v) is 54.3. The lowest BCUT2D eigenvalue weighted by Gasteiger charge is -2.20. The van der Waals surface area contributed by atoms with Gasteiger partial charge in [-0.05, 0) is 77.4 Å². The molecule has 3 radical (unpaired) electrons. The number of alkyl halides is 1. The van der Waals surface area contributed by atoms with E-state index in [-0.39, 0.29) is 38.7 Å². The first-order valence-electron chi connectivity index (χ1n) is 31.9. The number of phenols is 2. The Labute approximate surface area is 583 Å². The number of halogens is 1. The summed E-state index contributed by atoms with van der Waals surface area (Å²) in [5, 5.41) is 18.8. The Balaban J connectivity index is 0.000000161. The number of fused-ring (bicyclic) bond motifs is 2. The summed E-state index contributed by atoms with van der Waals surface area (Å²) in [6, 6.07) is 114. The van der Waals surface area contributed by atoms with Crippen molar-refractivity contribution in [1.82, 2.24) is 0 Å². The summed E-state index contributed by atoms with van der Waals surface area (Å²) in [5.41, 5.74) is 12.3. The Bertz CT molecular complexity index is 4750. The largest absolute Gasteiger partial charge is 0.508 e. The molecule has 13 aromatic carbocycles. The van der Waals surface area contributed by atoms with Gasteiger partial charge in [-0.25, -0.2) is 0 Å². The van der Waals surface area contributed by atoms with Crippen molar-refractivity contribution >= 4 is 59.3 Å². The molecule has 2 N–H and O–H groups in total. The van der Waals surface area contributed by atoms with Gasteiger partial charge in [0.15, 0.2) is 18.0 Å². The van der Waals surface area contributed by atoms with Gasteiger partial charge in [-0.15, -0.1) is 11.6 Å². The molecule has 0 amide bonds. The third-order valence-electron chi connectivity index (χ3n) is 16.1. The van der Waals surface area contributed by atoms with Gasteiger partial charge in [0.2, 0.25) is 11.6 Å². The minimum Gasteiger partial charge on any atom is -0.508 e. The molecule has 483 valence electrons. The van der Waals surface area contributed by atoms with E-state index in [1.807, 2.05) is 194 Å². The fraction of sp³-hybridized carbons (Fsp3) is 0.0341. The summed E-state index contributed by atoms with van der Waals surface area (Å²) in [4.78, 5) is 38.7. The molecule has 9 nitrogen and oxygen atoms in total. The third-order valence-corrected chi connectivity index (χ3v) is 16.5. The summed E-state index contributed by atoms with van der Waals surface area (Å²) >= 11 is 6.14. The number of ether oxygens (including phenoxy) is 2. The molecule has 2 aromatic heterocycles. The molecule has 11 heteroatoms. The molecule has 3 atom stereocenters. The second-order valence-electron chi connectivity index (χ2n) is 22.7. The van der Waals surface area contributed by atoms with Crippen LogP contribution in [-0.2, 0) is 0 Å². The Morgan fingerprint density at radius 2 is 0.566 bits per heavy atom. The molecule has 0 aliphatic rings. The molecule has 0 fully saturated rings. The normalized spacial score (nSPS) is 11.5. The topological polar surface area (TPSA) is 136 Å². The summed E-state index contributed by atoms with van der Waals surface area (Å²) in [6.45, 7) is 0. The molecule has 2 heterocycles. The number of rotatable bonds is 17. The molecular weight excluding hydrogens is 1250 g/mol. The summed E-state index contributed by atoms with van der Waals surface area (Å²) in [7, 11) is 0. The van der Waals surface area contributed by atoms with Crippen LogP contribution in [0.3, 0.4) is 0 Å². The molecular formula is C88H67BClO9. The highest BCUT2D eigenvalue weighted by Crippen LogP contribution is 2.47. The van der Waals surface area contributed by atoms with Gasteiger partial charge in [0, 0.05) is 70.7 Å². The first-order valence-corrected chi connectivity index (χ1v) is 32.3. The first-order chi connectivity index (χ1) is 48.1. The van der Waals surface area contributed by atoms with E-state index in [0.29, 0.717) is 28.2 Å². The lowest BCUT2D eigenvalue weighted by Crippen LogP contribution is -2.20. The van der Waals surface area contributed by atoms with Crippen LogP contribution in [0.4, 0.5) is 0 Å². The maximum absolute atomic E-state index is 13.3. The van der Waals surface area contributed by atoms with Crippen LogP contribution >= 0.6 is 11.6 Å². The lowest BCUT2D eigenvalue weighted by atomic mass is 9.96. The average Bonchev–Trinajstić information content (AvgIpc) is 1.58. The fourth-order valence-electron chi connectivity index (χ4n) is 11.2. The van der Waals surface area contributed by atoms with Crippen molar-refractivity contribution in [2.24, 2.45) is 0 Å². The zero-order chi connectivity index (χ0) is 67.4. The number of carbonyl (C=O) groups excluding carboxylic acids is 3. The van der Waals surface area contributed by atoms with Crippen molar-refractivity contribution in [2.75, 3.05) is 0 Å². The monoisotopic (exact) mass is 1310 g/mol. The van der Waals surface area contributed by atoms with E-state index in [1.165, 1.54) is 24.3 Å². The number of hydrogen-bond acceptors (Lipinski definition) is 9. The third kappa shape index (κ3) is 17.0. The number of benzene rings is 13. The molecule has 0 bridgehead atoms. The molecule has 0 aliphatic carbocycles. The van der Waals surface area contributed by atoms with Gasteiger partial charge in [0.1, 0.15) is 51.1 Å². The highest BCUT2D eigenvalue weighted by molar-refractivity contribution is 6.34. The lowest BCUT2D eigenvalue weighted by molar-refractivity contribution is 0.0781. The van der Waals surface area contributed by atoms with Crippen molar-refractivity contribution in [3.05, 3.63) is 397 Å². The number of Topliss-reactive ketones (excluding diaryl/α,β-unsaturated/α-hetero) is 3. The van der Waals surface area contributed by atoms with Crippen molar-refractivity contribution in [3.8, 4) is 67.9 Å². The summed E-state index contributed by atoms with van der Waals surface area (Å²) < 4.78 is 25.6. The van der Waals surface area contributed by atoms with E-state index in [0.717, 1.165) is 83.5 Å². The van der Waals surface area contributed by atoms with Gasteiger partial charge in [0.25, 0.3) is 0 Å². The number of furan rings is 2. The Morgan fingerprint density at radius 3 is 0.869 bits per heavy atom. The molecule has 15 aromatic rings. The summed E-state index contributed by atoms with van der Waals surface area (Å²) in [5.74, 6) is 2.79. The maximum Gasteiger partial charge on any atom is 0.207 e. The van der Waals surface area contributed by atoms with Gasteiger partial charge in [-0.1, -0.05) is 303 Å². The molecule has 0 aliphatic heterocycles. The van der Waals surface area contributed by atoms with Crippen LogP contribution in [0.25, 0.3) is 66.8 Å². The fourth-order valence-corrected chi connectivity index (χ4v) is 11.5. The maximum atomic E-state index is 13.3. The number of hydrogen-bond donors (Lipinski definition) is 2. The van der Waals surface area contributed by atoms with Crippen molar-refractivity contribution in [1.29, 1.82) is 0 Å². The average molecular weight is 1320 g/mol. The zero-order valence-electron chi connectivity index (χ0n) is 53.6. The Morgan fingerprint density at radius 1 is 0.313 bits per heavy atom. The van der Waals surface area contributed by atoms with Crippen LogP contribution in [0.1, 0.15) is 66.8 Å². The van der Waals surface area contributed by atoms with Crippen molar-refractivity contribution < 1.29 is 44.3 Å². The Hall–Kier alpha value is -12.5. The van der Waals surface area contributed by atoms with Crippen LogP contribution in [0.15, 0.2) is 373 Å². The minimum atomic E-state index is -0.804. The number of ketones is 3. The van der Waals surface area contributed by atoms with Crippen LogP contribution in [0.5, 0.6) is 23.0 Å². The van der Waals surface area contributed by atoms with E-state index in [1.54, 1.807) is 60.7 Å². The van der Waals surface area contributed by atoms with Crippen LogP contribution in [-0.4, -0.2) is 36.0 Å². The minimum absolute atomic E-state index is 0. The molecule has 3 unspecified atom stereocenters. The van der Waals surface area contributed by atoms with E-state index < -0.39 is 17.6 Å². The number of phenolic OH excluding ortho intramolecular Hbond substituents is 2. The number of aromatic hydroxyl groups is 2. The van der Waals surface area contributed by atoms with Crippen molar-refractivity contribution in [2.45, 2.75) is 17.6 Å². The second-order valence-corrected chi connectivity index (χ2v) is 23.1. The molecule has 0 saturated heterocycles. The second kappa shape index (κ2) is 33.3. The SMILES string of the molecule is O=C(c1ccccc1)C(Cl)c1ccccc1.O=C(c1ccccc1)C(Oc1ccc(OC(C(=O)c2ccccc2)c2ccccc2)cc1)c1ccccc1.Oc1ccc(O)cc1.[2HH].[B].c1ccc(-c2oc3cc4c(-c5ccccc5)c(-c5ccccc5)oc4cc3c2-c2ccccc2)cc1. The van der Waals surface area contributed by atoms with Gasteiger partial charge >= 0.3 is 0 Å². The molecule has 0 spiro atoms. The van der Waals surface area contributed by atoms with Crippen LogP contribution in [0.2, 0.25) is 0 Å². The first kappa shape index (κ1) is 67.9. The quantitative estimate of drug-likeness (QED) is 0.0395. The van der Waals surface area contributed by atoms with Gasteiger partial charge < -0.3 is 28.5 Å². The highest BCUT2D eigenvalue weighted by atomic mass is 35.5. The van der Waals surface area contributed by atoms with Crippen LogP contribution in [0, 0.1) is 0 Å². The molecule has 99 heavy (non-hydrogen) atoms. The van der Waals surface area contributed by atoms with Gasteiger partial charge in [-0.2, -0.15) is 0 Å². The predicted octanol–water partition coefficient (Wildman–Crippen LogP) is 22.4. The van der Waals surface area contributed by atoms with Crippen molar-refractivity contribution in [3.63, 3.8) is 0 Å².